The maximum atomic E-state index is 13.1. The second-order valence-electron chi connectivity index (χ2n) is 6.13. The largest absolute Gasteiger partial charge is 0.270 e. The fourth-order valence-electron chi connectivity index (χ4n) is 2.71. The van der Waals surface area contributed by atoms with Crippen molar-refractivity contribution in [1.82, 2.24) is 19.7 Å². The highest BCUT2D eigenvalue weighted by Gasteiger charge is 2.16. The molecule has 4 nitrogen and oxygen atoms in total. The number of aromatic nitrogens is 4. The van der Waals surface area contributed by atoms with Crippen LogP contribution in [0.2, 0.25) is 0 Å². The molecule has 134 valence electrons. The number of benzene rings is 2. The van der Waals surface area contributed by atoms with Crippen LogP contribution in [0.4, 0.5) is 4.39 Å². The summed E-state index contributed by atoms with van der Waals surface area (Å²) in [6.45, 7) is 2.06. The predicted molar refractivity (Wildman–Crippen MR) is 105 cm³/mol. The highest BCUT2D eigenvalue weighted by Crippen LogP contribution is 2.29. The molecule has 0 atom stereocenters. The number of rotatable bonds is 5. The average Bonchev–Trinajstić information content (AvgIpc) is 3.13. The summed E-state index contributed by atoms with van der Waals surface area (Å²) in [6.07, 6.45) is 3.49. The summed E-state index contributed by atoms with van der Waals surface area (Å²) in [5.41, 5.74) is 4.17. The van der Waals surface area contributed by atoms with Gasteiger partial charge in [-0.25, -0.2) is 4.39 Å². The van der Waals surface area contributed by atoms with Crippen LogP contribution >= 0.6 is 11.8 Å². The smallest absolute Gasteiger partial charge is 0.196 e. The van der Waals surface area contributed by atoms with Crippen molar-refractivity contribution in [2.24, 2.45) is 0 Å². The fourth-order valence-corrected chi connectivity index (χ4v) is 3.61. The van der Waals surface area contributed by atoms with Crippen LogP contribution < -0.4 is 0 Å². The van der Waals surface area contributed by atoms with Crippen molar-refractivity contribution < 1.29 is 4.39 Å². The van der Waals surface area contributed by atoms with Crippen LogP contribution in [-0.2, 0) is 5.75 Å². The summed E-state index contributed by atoms with van der Waals surface area (Å²) in [5.74, 6) is 1.22. The van der Waals surface area contributed by atoms with Crippen LogP contribution in [0.5, 0.6) is 0 Å². The van der Waals surface area contributed by atoms with Gasteiger partial charge in [-0.05, 0) is 48.9 Å². The van der Waals surface area contributed by atoms with E-state index in [2.05, 4.69) is 46.4 Å². The SMILES string of the molecule is Cc1ccc(-n2c(SCc3ccc(F)cc3)nnc2-c2ccncc2)cc1. The van der Waals surface area contributed by atoms with Gasteiger partial charge in [0, 0.05) is 29.4 Å². The molecule has 0 spiro atoms. The van der Waals surface area contributed by atoms with Crippen molar-refractivity contribution in [3.63, 3.8) is 0 Å². The zero-order chi connectivity index (χ0) is 18.6. The number of pyridine rings is 1. The summed E-state index contributed by atoms with van der Waals surface area (Å²) in [4.78, 5) is 4.08. The summed E-state index contributed by atoms with van der Waals surface area (Å²) in [6, 6.07) is 18.6. The van der Waals surface area contributed by atoms with E-state index in [0.29, 0.717) is 5.75 Å². The van der Waals surface area contributed by atoms with E-state index >= 15 is 0 Å². The topological polar surface area (TPSA) is 43.6 Å². The highest BCUT2D eigenvalue weighted by atomic mass is 32.2. The molecule has 0 N–H and O–H groups in total. The standard InChI is InChI=1S/C21H17FN4S/c1-15-2-8-19(9-3-15)26-20(17-10-12-23-13-11-17)24-25-21(26)27-14-16-4-6-18(22)7-5-16/h2-13H,14H2,1H3. The van der Waals surface area contributed by atoms with Gasteiger partial charge in [-0.15, -0.1) is 10.2 Å². The maximum Gasteiger partial charge on any atom is 0.196 e. The Bertz CT molecular complexity index is 1030. The van der Waals surface area contributed by atoms with Crippen LogP contribution in [-0.4, -0.2) is 19.7 Å². The molecular formula is C21H17FN4S. The third-order valence-electron chi connectivity index (χ3n) is 4.15. The number of hydrogen-bond donors (Lipinski definition) is 0. The first-order chi connectivity index (χ1) is 13.2. The predicted octanol–water partition coefficient (Wildman–Crippen LogP) is 5.07. The molecule has 2 aromatic heterocycles. The minimum absolute atomic E-state index is 0.230. The van der Waals surface area contributed by atoms with E-state index in [-0.39, 0.29) is 5.82 Å². The maximum absolute atomic E-state index is 13.1. The molecule has 0 aliphatic carbocycles. The quantitative estimate of drug-likeness (QED) is 0.456. The van der Waals surface area contributed by atoms with Gasteiger partial charge in [0.15, 0.2) is 11.0 Å². The van der Waals surface area contributed by atoms with Gasteiger partial charge in [-0.1, -0.05) is 41.6 Å². The Balaban J connectivity index is 1.71. The Hall–Kier alpha value is -2.99. The van der Waals surface area contributed by atoms with Crippen molar-refractivity contribution in [2.75, 3.05) is 0 Å². The van der Waals surface area contributed by atoms with E-state index in [9.17, 15) is 4.39 Å². The minimum Gasteiger partial charge on any atom is -0.270 e. The van der Waals surface area contributed by atoms with Gasteiger partial charge in [0.2, 0.25) is 0 Å². The molecule has 2 heterocycles. The van der Waals surface area contributed by atoms with E-state index in [1.165, 1.54) is 17.7 Å². The molecule has 27 heavy (non-hydrogen) atoms. The van der Waals surface area contributed by atoms with Crippen LogP contribution in [0.25, 0.3) is 17.1 Å². The molecule has 2 aromatic carbocycles. The Morgan fingerprint density at radius 3 is 2.30 bits per heavy atom. The molecule has 0 fully saturated rings. The molecule has 0 radical (unpaired) electrons. The van der Waals surface area contributed by atoms with E-state index in [4.69, 9.17) is 0 Å². The molecule has 0 amide bonds. The van der Waals surface area contributed by atoms with Crippen molar-refractivity contribution in [3.05, 3.63) is 90.0 Å². The van der Waals surface area contributed by atoms with E-state index in [1.54, 1.807) is 36.3 Å². The normalized spacial score (nSPS) is 10.9. The number of hydrogen-bond acceptors (Lipinski definition) is 4. The van der Waals surface area contributed by atoms with Gasteiger partial charge < -0.3 is 0 Å². The van der Waals surface area contributed by atoms with Crippen molar-refractivity contribution in [1.29, 1.82) is 0 Å². The third kappa shape index (κ3) is 3.90. The third-order valence-corrected chi connectivity index (χ3v) is 5.15. The first kappa shape index (κ1) is 17.4. The van der Waals surface area contributed by atoms with Gasteiger partial charge in [0.25, 0.3) is 0 Å². The molecule has 0 aliphatic rings. The molecule has 6 heteroatoms. The monoisotopic (exact) mass is 376 g/mol. The molecule has 4 rings (SSSR count). The number of aryl methyl sites for hydroxylation is 1. The lowest BCUT2D eigenvalue weighted by molar-refractivity contribution is 0.627. The Kier molecular flexibility index (Phi) is 4.98. The van der Waals surface area contributed by atoms with Crippen LogP contribution in [0.15, 0.2) is 78.2 Å². The van der Waals surface area contributed by atoms with Gasteiger partial charge in [0.1, 0.15) is 5.82 Å². The number of halogens is 1. The van der Waals surface area contributed by atoms with Gasteiger partial charge in [0.05, 0.1) is 0 Å². The average molecular weight is 376 g/mol. The van der Waals surface area contributed by atoms with Crippen molar-refractivity contribution >= 4 is 11.8 Å². The van der Waals surface area contributed by atoms with Crippen molar-refractivity contribution in [3.8, 4) is 17.1 Å². The lowest BCUT2D eigenvalue weighted by Crippen LogP contribution is -2.00. The van der Waals surface area contributed by atoms with Gasteiger partial charge >= 0.3 is 0 Å². The van der Waals surface area contributed by atoms with Crippen molar-refractivity contribution in [2.45, 2.75) is 17.8 Å². The minimum atomic E-state index is -0.230. The Morgan fingerprint density at radius 2 is 1.59 bits per heavy atom. The zero-order valence-electron chi connectivity index (χ0n) is 14.7. The van der Waals surface area contributed by atoms with Gasteiger partial charge in [-0.3, -0.25) is 9.55 Å². The van der Waals surface area contributed by atoms with Crippen LogP contribution in [0.3, 0.4) is 0 Å². The summed E-state index contributed by atoms with van der Waals surface area (Å²) in [5, 5.41) is 9.61. The second-order valence-corrected chi connectivity index (χ2v) is 7.07. The molecular weight excluding hydrogens is 359 g/mol. The van der Waals surface area contributed by atoms with E-state index < -0.39 is 0 Å². The molecule has 0 unspecified atom stereocenters. The first-order valence-corrected chi connectivity index (χ1v) is 9.49. The Morgan fingerprint density at radius 1 is 0.889 bits per heavy atom. The summed E-state index contributed by atoms with van der Waals surface area (Å²) >= 11 is 1.57. The first-order valence-electron chi connectivity index (χ1n) is 8.51. The van der Waals surface area contributed by atoms with Crippen LogP contribution in [0, 0.1) is 12.7 Å². The van der Waals surface area contributed by atoms with Crippen LogP contribution in [0.1, 0.15) is 11.1 Å². The van der Waals surface area contributed by atoms with Gasteiger partial charge in [-0.2, -0.15) is 0 Å². The summed E-state index contributed by atoms with van der Waals surface area (Å²) in [7, 11) is 0. The molecule has 0 aliphatic heterocycles. The molecule has 0 saturated heterocycles. The van der Waals surface area contributed by atoms with E-state index in [1.807, 2.05) is 16.7 Å². The number of thioether (sulfide) groups is 1. The Labute approximate surface area is 161 Å². The fraction of sp³-hybridized carbons (Fsp3) is 0.0952. The van der Waals surface area contributed by atoms with E-state index in [0.717, 1.165) is 27.8 Å². The lowest BCUT2D eigenvalue weighted by atomic mass is 10.2. The second kappa shape index (κ2) is 7.72. The summed E-state index contributed by atoms with van der Waals surface area (Å²) < 4.78 is 15.2. The molecule has 0 bridgehead atoms. The molecule has 0 saturated carbocycles. The lowest BCUT2D eigenvalue weighted by Gasteiger charge is -2.11. The molecule has 4 aromatic rings. The zero-order valence-corrected chi connectivity index (χ0v) is 15.5. The number of nitrogens with zero attached hydrogens (tertiary/aromatic N) is 4. The highest BCUT2D eigenvalue weighted by molar-refractivity contribution is 7.98.